The van der Waals surface area contributed by atoms with Gasteiger partial charge in [-0.2, -0.15) is 0 Å². The van der Waals surface area contributed by atoms with Gasteiger partial charge in [-0.3, -0.25) is 0 Å². The topological polar surface area (TPSA) is 14.1 Å². The van der Waals surface area contributed by atoms with Crippen molar-refractivity contribution in [3.8, 4) is 0 Å². The first-order valence-corrected chi connectivity index (χ1v) is 2.51. The first-order valence-electron chi connectivity index (χ1n) is 2.08. The molecule has 1 unspecified atom stereocenters. The molecule has 6 heavy (non-hydrogen) atoms. The molecular formula is C4H9ClN. The first-order chi connectivity index (χ1) is 2.77. The smallest absolute Gasteiger partial charge is 0.0956 e. The van der Waals surface area contributed by atoms with Crippen molar-refractivity contribution in [2.75, 3.05) is 6.54 Å². The number of rotatable bonds is 2. The molecule has 0 spiro atoms. The fourth-order valence-corrected chi connectivity index (χ4v) is 0.390. The lowest BCUT2D eigenvalue weighted by atomic mass is 10.7. The molecule has 0 N–H and O–H groups in total. The molecule has 0 amide bonds. The quantitative estimate of drug-likeness (QED) is 0.371. The van der Waals surface area contributed by atoms with E-state index in [1.807, 2.05) is 13.8 Å². The van der Waals surface area contributed by atoms with Crippen molar-refractivity contribution in [1.29, 1.82) is 0 Å². The summed E-state index contributed by atoms with van der Waals surface area (Å²) >= 11 is 5.41. The third-order valence-electron chi connectivity index (χ3n) is 0.434. The summed E-state index contributed by atoms with van der Waals surface area (Å²) in [4.78, 5) is 0. The summed E-state index contributed by atoms with van der Waals surface area (Å²) in [5.41, 5.74) is -0.00463. The van der Waals surface area contributed by atoms with E-state index in [0.717, 1.165) is 6.54 Å². The molecule has 0 aromatic heterocycles. The molecule has 0 aliphatic heterocycles. The summed E-state index contributed by atoms with van der Waals surface area (Å²) in [6.45, 7) is 4.65. The Morgan fingerprint density at radius 3 is 2.33 bits per heavy atom. The number of halogens is 1. The summed E-state index contributed by atoms with van der Waals surface area (Å²) in [5.74, 6) is 0. The van der Waals surface area contributed by atoms with Gasteiger partial charge in [0.15, 0.2) is 0 Å². The van der Waals surface area contributed by atoms with Crippen LogP contribution in [0.1, 0.15) is 13.8 Å². The minimum atomic E-state index is -0.00463. The lowest BCUT2D eigenvalue weighted by molar-refractivity contribution is 0.695. The Kier molecular flexibility index (Phi) is 3.58. The van der Waals surface area contributed by atoms with Gasteiger partial charge < -0.3 is 0 Å². The van der Waals surface area contributed by atoms with Crippen LogP contribution in [0, 0.1) is 0 Å². The summed E-state index contributed by atoms with van der Waals surface area (Å²) in [6, 6.07) is 0. The van der Waals surface area contributed by atoms with Crippen LogP contribution in [0.2, 0.25) is 0 Å². The van der Waals surface area contributed by atoms with E-state index in [9.17, 15) is 0 Å². The van der Waals surface area contributed by atoms with Crippen LogP contribution in [-0.2, 0) is 0 Å². The van der Waals surface area contributed by atoms with Gasteiger partial charge >= 0.3 is 0 Å². The van der Waals surface area contributed by atoms with Crippen LogP contribution in [0.25, 0.3) is 0 Å². The molecule has 0 fully saturated rings. The molecule has 37 valence electrons. The van der Waals surface area contributed by atoms with Gasteiger partial charge in [-0.1, -0.05) is 6.92 Å². The normalized spacial score (nSPS) is 14.5. The second-order valence-corrected chi connectivity index (χ2v) is 1.70. The molecular weight excluding hydrogens is 97.5 g/mol. The molecule has 0 aliphatic rings. The van der Waals surface area contributed by atoms with Crippen LogP contribution in [0.3, 0.4) is 0 Å². The second-order valence-electron chi connectivity index (χ2n) is 1.07. The van der Waals surface area contributed by atoms with Crippen LogP contribution in [0.4, 0.5) is 0 Å². The molecule has 0 rings (SSSR count). The fourth-order valence-electron chi connectivity index (χ4n) is 0.252. The van der Waals surface area contributed by atoms with Crippen molar-refractivity contribution in [3.05, 3.63) is 0 Å². The highest BCUT2D eigenvalue weighted by Crippen LogP contribution is 1.85. The standard InChI is InChI=1S/C4H9ClN/c1-3-6-4(2)5/h4H,3H2,1-2H3. The average molecular weight is 107 g/mol. The maximum absolute atomic E-state index is 5.41. The molecule has 2 heteroatoms. The van der Waals surface area contributed by atoms with Crippen molar-refractivity contribution in [1.82, 2.24) is 5.32 Å². The Balaban J connectivity index is 2.63. The van der Waals surface area contributed by atoms with Crippen LogP contribution < -0.4 is 5.32 Å². The SMILES string of the molecule is CC[N]C(C)Cl. The molecule has 0 aromatic rings. The zero-order valence-electron chi connectivity index (χ0n) is 4.11. The van der Waals surface area contributed by atoms with E-state index in [4.69, 9.17) is 11.6 Å². The zero-order chi connectivity index (χ0) is 4.99. The fraction of sp³-hybridized carbons (Fsp3) is 1.00. The third kappa shape index (κ3) is 4.25. The van der Waals surface area contributed by atoms with Gasteiger partial charge in [0.1, 0.15) is 0 Å². The van der Waals surface area contributed by atoms with E-state index in [-0.39, 0.29) is 5.50 Å². The maximum Gasteiger partial charge on any atom is 0.0956 e. The zero-order valence-corrected chi connectivity index (χ0v) is 4.87. The van der Waals surface area contributed by atoms with E-state index in [1.165, 1.54) is 0 Å². The highest BCUT2D eigenvalue weighted by Gasteiger charge is 1.87. The van der Waals surface area contributed by atoms with E-state index < -0.39 is 0 Å². The Morgan fingerprint density at radius 2 is 2.33 bits per heavy atom. The van der Waals surface area contributed by atoms with Gasteiger partial charge in [-0.25, -0.2) is 5.32 Å². The van der Waals surface area contributed by atoms with Crippen molar-refractivity contribution in [3.63, 3.8) is 0 Å². The first kappa shape index (κ1) is 6.25. The number of nitrogens with zero attached hydrogens (tertiary/aromatic N) is 1. The van der Waals surface area contributed by atoms with E-state index >= 15 is 0 Å². The molecule has 0 saturated heterocycles. The largest absolute Gasteiger partial charge is 0.223 e. The molecule has 1 atom stereocenters. The molecule has 0 heterocycles. The van der Waals surface area contributed by atoms with Gasteiger partial charge in [-0.15, -0.1) is 11.6 Å². The lowest BCUT2D eigenvalue weighted by Crippen LogP contribution is -2.09. The molecule has 1 nitrogen and oxygen atoms in total. The lowest BCUT2D eigenvalue weighted by Gasteiger charge is -1.95. The van der Waals surface area contributed by atoms with Gasteiger partial charge in [-0.05, 0) is 6.92 Å². The van der Waals surface area contributed by atoms with Gasteiger partial charge in [0, 0.05) is 6.54 Å². The Bertz CT molecular complexity index is 28.7. The van der Waals surface area contributed by atoms with Crippen LogP contribution in [-0.4, -0.2) is 12.0 Å². The van der Waals surface area contributed by atoms with Gasteiger partial charge in [0.05, 0.1) is 5.50 Å². The number of alkyl halides is 1. The number of hydrogen-bond acceptors (Lipinski definition) is 0. The minimum absolute atomic E-state index is 0.00463. The van der Waals surface area contributed by atoms with E-state index in [2.05, 4.69) is 5.32 Å². The maximum atomic E-state index is 5.41. The molecule has 1 radical (unpaired) electrons. The van der Waals surface area contributed by atoms with Crippen molar-refractivity contribution >= 4 is 11.6 Å². The molecule has 0 aromatic carbocycles. The van der Waals surface area contributed by atoms with Crippen molar-refractivity contribution in [2.45, 2.75) is 19.3 Å². The monoisotopic (exact) mass is 106 g/mol. The van der Waals surface area contributed by atoms with Crippen LogP contribution in [0.15, 0.2) is 0 Å². The molecule has 0 saturated carbocycles. The Hall–Kier alpha value is 0.250. The molecule has 0 bridgehead atoms. The highest BCUT2D eigenvalue weighted by molar-refractivity contribution is 6.20. The van der Waals surface area contributed by atoms with E-state index in [0.29, 0.717) is 0 Å². The predicted molar refractivity (Wildman–Crippen MR) is 28.0 cm³/mol. The molecule has 0 aliphatic carbocycles. The summed E-state index contributed by atoms with van der Waals surface area (Å²) in [7, 11) is 0. The summed E-state index contributed by atoms with van der Waals surface area (Å²) in [6.07, 6.45) is 0. The Morgan fingerprint density at radius 1 is 1.83 bits per heavy atom. The average Bonchev–Trinajstić information content (AvgIpc) is 1.35. The van der Waals surface area contributed by atoms with E-state index in [1.54, 1.807) is 0 Å². The third-order valence-corrected chi connectivity index (χ3v) is 0.572. The van der Waals surface area contributed by atoms with Crippen LogP contribution in [0.5, 0.6) is 0 Å². The predicted octanol–water partition coefficient (Wildman–Crippen LogP) is 1.20. The summed E-state index contributed by atoms with van der Waals surface area (Å²) < 4.78 is 0. The second kappa shape index (κ2) is 3.44. The van der Waals surface area contributed by atoms with Crippen LogP contribution >= 0.6 is 11.6 Å². The number of hydrogen-bond donors (Lipinski definition) is 0. The van der Waals surface area contributed by atoms with Gasteiger partial charge in [0.2, 0.25) is 0 Å². The van der Waals surface area contributed by atoms with Gasteiger partial charge in [0.25, 0.3) is 0 Å². The summed E-state index contributed by atoms with van der Waals surface area (Å²) in [5, 5.41) is 3.89. The van der Waals surface area contributed by atoms with Crippen molar-refractivity contribution in [2.24, 2.45) is 0 Å². The van der Waals surface area contributed by atoms with Crippen molar-refractivity contribution < 1.29 is 0 Å². The Labute approximate surface area is 43.7 Å². The minimum Gasteiger partial charge on any atom is -0.223 e. The highest BCUT2D eigenvalue weighted by atomic mass is 35.5.